The van der Waals surface area contributed by atoms with Crippen LogP contribution in [0.1, 0.15) is 0 Å². The molecule has 4 nitrogen and oxygen atoms in total. The highest BCUT2D eigenvalue weighted by atomic mass is 32.1. The molecule has 0 atom stereocenters. The third kappa shape index (κ3) is 2.44. The summed E-state index contributed by atoms with van der Waals surface area (Å²) in [4.78, 5) is 9.10. The van der Waals surface area contributed by atoms with Crippen molar-refractivity contribution in [3.63, 3.8) is 0 Å². The number of fused-ring (bicyclic) bond motifs is 1. The van der Waals surface area contributed by atoms with Crippen LogP contribution in [0.5, 0.6) is 0 Å². The van der Waals surface area contributed by atoms with Crippen molar-refractivity contribution in [2.75, 3.05) is 5.32 Å². The second kappa shape index (κ2) is 5.22. The van der Waals surface area contributed by atoms with Crippen molar-refractivity contribution in [2.24, 2.45) is 5.73 Å². The Hall–Kier alpha value is -2.53. The molecule has 0 aliphatic heterocycles. The standard InChI is InChI=1S/C15H12N4S/c16-15(20)19-14-11-8-4-5-9-12(11)17-13(18-14)10-6-2-1-3-7-10/h1-9H,(H3,16,17,18,19,20). The van der Waals surface area contributed by atoms with E-state index in [1.54, 1.807) is 0 Å². The van der Waals surface area contributed by atoms with Crippen molar-refractivity contribution >= 4 is 34.1 Å². The molecule has 0 aliphatic rings. The fraction of sp³-hybridized carbons (Fsp3) is 0. The van der Waals surface area contributed by atoms with Crippen molar-refractivity contribution < 1.29 is 0 Å². The van der Waals surface area contributed by atoms with Crippen LogP contribution in [0.3, 0.4) is 0 Å². The van der Waals surface area contributed by atoms with Gasteiger partial charge in [-0.1, -0.05) is 42.5 Å². The van der Waals surface area contributed by atoms with Crippen LogP contribution in [0.15, 0.2) is 54.6 Å². The maximum Gasteiger partial charge on any atom is 0.169 e. The van der Waals surface area contributed by atoms with Crippen LogP contribution >= 0.6 is 12.2 Å². The Balaban J connectivity index is 2.22. The smallest absolute Gasteiger partial charge is 0.169 e. The Kier molecular flexibility index (Phi) is 3.26. The van der Waals surface area contributed by atoms with Crippen molar-refractivity contribution in [1.29, 1.82) is 0 Å². The zero-order valence-corrected chi connectivity index (χ0v) is 11.4. The topological polar surface area (TPSA) is 63.8 Å². The molecule has 1 aromatic heterocycles. The van der Waals surface area contributed by atoms with Gasteiger partial charge in [-0.2, -0.15) is 0 Å². The molecule has 0 unspecified atom stereocenters. The summed E-state index contributed by atoms with van der Waals surface area (Å²) in [6, 6.07) is 17.5. The molecule has 0 bridgehead atoms. The Morgan fingerprint density at radius 1 is 0.950 bits per heavy atom. The summed E-state index contributed by atoms with van der Waals surface area (Å²) < 4.78 is 0. The van der Waals surface area contributed by atoms with Gasteiger partial charge in [-0.3, -0.25) is 0 Å². The number of para-hydroxylation sites is 1. The van der Waals surface area contributed by atoms with Crippen molar-refractivity contribution in [3.05, 3.63) is 54.6 Å². The molecule has 3 aromatic rings. The molecule has 0 aliphatic carbocycles. The van der Waals surface area contributed by atoms with Gasteiger partial charge in [0, 0.05) is 10.9 Å². The minimum absolute atomic E-state index is 0.188. The van der Waals surface area contributed by atoms with E-state index in [2.05, 4.69) is 15.3 Å². The molecule has 0 spiro atoms. The number of thiocarbonyl (C=S) groups is 1. The summed E-state index contributed by atoms with van der Waals surface area (Å²) >= 11 is 4.91. The predicted molar refractivity (Wildman–Crippen MR) is 85.4 cm³/mol. The molecular weight excluding hydrogens is 268 g/mol. The Morgan fingerprint density at radius 3 is 2.40 bits per heavy atom. The summed E-state index contributed by atoms with van der Waals surface area (Å²) in [6.07, 6.45) is 0. The zero-order chi connectivity index (χ0) is 13.9. The van der Waals surface area contributed by atoms with Gasteiger partial charge in [0.25, 0.3) is 0 Å². The van der Waals surface area contributed by atoms with Crippen LogP contribution in [0.4, 0.5) is 5.82 Å². The third-order valence-corrected chi connectivity index (χ3v) is 2.98. The number of rotatable bonds is 2. The Bertz CT molecular complexity index is 771. The molecule has 3 rings (SSSR count). The van der Waals surface area contributed by atoms with Gasteiger partial charge < -0.3 is 11.1 Å². The molecule has 0 radical (unpaired) electrons. The van der Waals surface area contributed by atoms with Gasteiger partial charge in [-0.25, -0.2) is 9.97 Å². The molecular formula is C15H12N4S. The highest BCUT2D eigenvalue weighted by Gasteiger charge is 2.09. The van der Waals surface area contributed by atoms with Gasteiger partial charge >= 0.3 is 0 Å². The average molecular weight is 280 g/mol. The first-order valence-electron chi connectivity index (χ1n) is 6.13. The number of aromatic nitrogens is 2. The summed E-state index contributed by atoms with van der Waals surface area (Å²) in [5.74, 6) is 1.27. The Labute approximate surface area is 121 Å². The van der Waals surface area contributed by atoms with E-state index in [1.807, 2.05) is 54.6 Å². The number of hydrogen-bond donors (Lipinski definition) is 2. The number of nitrogens with two attached hydrogens (primary N) is 1. The maximum atomic E-state index is 5.56. The van der Waals surface area contributed by atoms with E-state index in [-0.39, 0.29) is 5.11 Å². The lowest BCUT2D eigenvalue weighted by Crippen LogP contribution is -2.20. The van der Waals surface area contributed by atoms with E-state index in [9.17, 15) is 0 Å². The Morgan fingerprint density at radius 2 is 1.65 bits per heavy atom. The molecule has 3 N–H and O–H groups in total. The lowest BCUT2D eigenvalue weighted by molar-refractivity contribution is 1.23. The molecule has 0 amide bonds. The molecule has 5 heteroatoms. The van der Waals surface area contributed by atoms with E-state index in [0.29, 0.717) is 11.6 Å². The van der Waals surface area contributed by atoms with Crippen LogP contribution in [0.25, 0.3) is 22.3 Å². The SMILES string of the molecule is NC(=S)Nc1nc(-c2ccccc2)nc2ccccc12. The first-order valence-corrected chi connectivity index (χ1v) is 6.53. The summed E-state index contributed by atoms with van der Waals surface area (Å²) in [7, 11) is 0. The summed E-state index contributed by atoms with van der Waals surface area (Å²) in [6.45, 7) is 0. The van der Waals surface area contributed by atoms with Gasteiger partial charge in [0.2, 0.25) is 0 Å². The predicted octanol–water partition coefficient (Wildman–Crippen LogP) is 2.95. The molecule has 1 heterocycles. The van der Waals surface area contributed by atoms with Crippen molar-refractivity contribution in [1.82, 2.24) is 9.97 Å². The number of anilines is 1. The fourth-order valence-electron chi connectivity index (χ4n) is 2.00. The van der Waals surface area contributed by atoms with E-state index < -0.39 is 0 Å². The van der Waals surface area contributed by atoms with E-state index >= 15 is 0 Å². The third-order valence-electron chi connectivity index (χ3n) is 2.88. The lowest BCUT2D eigenvalue weighted by atomic mass is 10.2. The summed E-state index contributed by atoms with van der Waals surface area (Å²) in [5, 5.41) is 3.99. The maximum absolute atomic E-state index is 5.56. The van der Waals surface area contributed by atoms with Gasteiger partial charge in [0.15, 0.2) is 10.9 Å². The molecule has 2 aromatic carbocycles. The van der Waals surface area contributed by atoms with Crippen LogP contribution < -0.4 is 11.1 Å². The molecule has 20 heavy (non-hydrogen) atoms. The van der Waals surface area contributed by atoms with Gasteiger partial charge in [-0.05, 0) is 24.4 Å². The highest BCUT2D eigenvalue weighted by molar-refractivity contribution is 7.80. The number of nitrogens with one attached hydrogen (secondary N) is 1. The summed E-state index contributed by atoms with van der Waals surface area (Å²) in [5.41, 5.74) is 7.36. The number of nitrogens with zero attached hydrogens (tertiary/aromatic N) is 2. The van der Waals surface area contributed by atoms with Crippen LogP contribution in [0, 0.1) is 0 Å². The minimum atomic E-state index is 0.188. The monoisotopic (exact) mass is 280 g/mol. The molecule has 0 saturated carbocycles. The normalized spacial score (nSPS) is 10.4. The van der Waals surface area contributed by atoms with Gasteiger partial charge in [0.1, 0.15) is 5.82 Å². The van der Waals surface area contributed by atoms with E-state index in [4.69, 9.17) is 18.0 Å². The highest BCUT2D eigenvalue weighted by Crippen LogP contribution is 2.24. The second-order valence-corrected chi connectivity index (χ2v) is 4.71. The van der Waals surface area contributed by atoms with Gasteiger partial charge in [-0.15, -0.1) is 0 Å². The largest absolute Gasteiger partial charge is 0.376 e. The van der Waals surface area contributed by atoms with E-state index in [1.165, 1.54) is 0 Å². The number of hydrogen-bond acceptors (Lipinski definition) is 3. The van der Waals surface area contributed by atoms with E-state index in [0.717, 1.165) is 16.5 Å². The average Bonchev–Trinajstić information content (AvgIpc) is 2.47. The van der Waals surface area contributed by atoms with Crippen LogP contribution in [-0.4, -0.2) is 15.1 Å². The molecule has 0 fully saturated rings. The first kappa shape index (κ1) is 12.5. The van der Waals surface area contributed by atoms with Crippen molar-refractivity contribution in [3.8, 4) is 11.4 Å². The minimum Gasteiger partial charge on any atom is -0.376 e. The second-order valence-electron chi connectivity index (χ2n) is 4.27. The molecule has 98 valence electrons. The van der Waals surface area contributed by atoms with Gasteiger partial charge in [0.05, 0.1) is 5.52 Å². The number of benzene rings is 2. The van der Waals surface area contributed by atoms with Crippen LogP contribution in [0.2, 0.25) is 0 Å². The fourth-order valence-corrected chi connectivity index (χ4v) is 2.10. The lowest BCUT2D eigenvalue weighted by Gasteiger charge is -2.09. The zero-order valence-electron chi connectivity index (χ0n) is 10.6. The first-order chi connectivity index (χ1) is 9.74. The van der Waals surface area contributed by atoms with Crippen molar-refractivity contribution in [2.45, 2.75) is 0 Å². The molecule has 0 saturated heterocycles. The van der Waals surface area contributed by atoms with Crippen LogP contribution in [-0.2, 0) is 0 Å². The quantitative estimate of drug-likeness (QED) is 0.707.